The van der Waals surface area contributed by atoms with E-state index in [9.17, 15) is 17.6 Å². The number of hydrogen-bond acceptors (Lipinski definition) is 7. The number of amides is 1. The number of nitrogens with one attached hydrogen (secondary N) is 2. The van der Waals surface area contributed by atoms with Crippen LogP contribution in [0.2, 0.25) is 5.02 Å². The number of carbonyl (C=O) groups is 1. The molecule has 4 aromatic rings. The number of sulfonamides is 1. The minimum absolute atomic E-state index is 0.0638. The van der Waals surface area contributed by atoms with Gasteiger partial charge in [0.2, 0.25) is 10.0 Å². The Morgan fingerprint density at radius 2 is 1.97 bits per heavy atom. The molecule has 13 heteroatoms. The predicted octanol–water partition coefficient (Wildman–Crippen LogP) is 3.66. The highest BCUT2D eigenvalue weighted by Crippen LogP contribution is 2.24. The Hall–Kier alpha value is -4.03. The number of ether oxygens (including phenoxy) is 1. The van der Waals surface area contributed by atoms with E-state index < -0.39 is 21.7 Å². The normalized spacial score (nSPS) is 11.2. The summed E-state index contributed by atoms with van der Waals surface area (Å²) in [4.78, 5) is 20.8. The standard InChI is InChI=1S/C22H18ClFN6O4S/c1-35(32,33)29-19-6-16(23)5-18(8-19)28-22(31)15-9-27-30(12-15)21-14(3-2-4-26-21)13-34-20-7-17(24)10-25-11-20/h2-12,29H,13H2,1H3,(H,28,31). The maximum absolute atomic E-state index is 13.3. The second kappa shape index (κ2) is 10.1. The van der Waals surface area contributed by atoms with Crippen molar-refractivity contribution in [3.63, 3.8) is 0 Å². The largest absolute Gasteiger partial charge is 0.487 e. The van der Waals surface area contributed by atoms with Crippen molar-refractivity contribution in [3.05, 3.63) is 89.3 Å². The number of rotatable bonds is 8. The van der Waals surface area contributed by atoms with Crippen molar-refractivity contribution in [1.29, 1.82) is 0 Å². The summed E-state index contributed by atoms with van der Waals surface area (Å²) in [6.07, 6.45) is 7.86. The number of halogens is 2. The molecule has 0 bridgehead atoms. The zero-order chi connectivity index (χ0) is 25.0. The van der Waals surface area contributed by atoms with Gasteiger partial charge in [-0.3, -0.25) is 14.5 Å². The Kier molecular flexibility index (Phi) is 6.94. The average Bonchev–Trinajstić information content (AvgIpc) is 3.27. The second-order valence-electron chi connectivity index (χ2n) is 7.34. The van der Waals surface area contributed by atoms with E-state index in [4.69, 9.17) is 16.3 Å². The van der Waals surface area contributed by atoms with Crippen LogP contribution in [0.15, 0.2) is 67.4 Å². The Balaban J connectivity index is 1.50. The van der Waals surface area contributed by atoms with Gasteiger partial charge in [0.1, 0.15) is 18.2 Å². The van der Waals surface area contributed by atoms with Crippen molar-refractivity contribution in [2.45, 2.75) is 6.61 Å². The van der Waals surface area contributed by atoms with Gasteiger partial charge in [0.25, 0.3) is 5.91 Å². The molecule has 10 nitrogen and oxygen atoms in total. The Morgan fingerprint density at radius 1 is 1.17 bits per heavy atom. The van der Waals surface area contributed by atoms with E-state index in [1.165, 1.54) is 47.5 Å². The zero-order valence-corrected chi connectivity index (χ0v) is 19.7. The number of pyridine rings is 2. The quantitative estimate of drug-likeness (QED) is 0.365. The minimum Gasteiger partial charge on any atom is -0.487 e. The fourth-order valence-corrected chi connectivity index (χ4v) is 3.86. The molecule has 0 fully saturated rings. The molecule has 2 N–H and O–H groups in total. The molecule has 4 rings (SSSR count). The first-order valence-electron chi connectivity index (χ1n) is 9.98. The van der Waals surface area contributed by atoms with E-state index in [0.717, 1.165) is 12.5 Å². The van der Waals surface area contributed by atoms with Crippen LogP contribution in [0.5, 0.6) is 5.75 Å². The predicted molar refractivity (Wildman–Crippen MR) is 128 cm³/mol. The molecule has 3 heterocycles. The van der Waals surface area contributed by atoms with Crippen LogP contribution < -0.4 is 14.8 Å². The molecular formula is C22H18ClFN6O4S. The van der Waals surface area contributed by atoms with E-state index >= 15 is 0 Å². The van der Waals surface area contributed by atoms with Crippen molar-refractivity contribution in [2.24, 2.45) is 0 Å². The Morgan fingerprint density at radius 3 is 2.74 bits per heavy atom. The number of aromatic nitrogens is 4. The highest BCUT2D eigenvalue weighted by molar-refractivity contribution is 7.92. The lowest BCUT2D eigenvalue weighted by atomic mass is 10.2. The summed E-state index contributed by atoms with van der Waals surface area (Å²) in [7, 11) is -3.52. The fourth-order valence-electron chi connectivity index (χ4n) is 3.08. The van der Waals surface area contributed by atoms with E-state index in [0.29, 0.717) is 11.4 Å². The number of nitrogens with zero attached hydrogens (tertiary/aromatic N) is 4. The van der Waals surface area contributed by atoms with Crippen molar-refractivity contribution < 1.29 is 22.3 Å². The number of benzene rings is 1. The third-order valence-corrected chi connectivity index (χ3v) is 5.29. The molecule has 0 aliphatic carbocycles. The van der Waals surface area contributed by atoms with Crippen LogP contribution in [0.25, 0.3) is 5.82 Å². The Labute approximate surface area is 204 Å². The molecule has 1 amide bonds. The summed E-state index contributed by atoms with van der Waals surface area (Å²) in [5.74, 6) is -0.344. The van der Waals surface area contributed by atoms with Gasteiger partial charge in [-0.1, -0.05) is 17.7 Å². The molecule has 0 saturated heterocycles. The molecule has 0 radical (unpaired) electrons. The summed E-state index contributed by atoms with van der Waals surface area (Å²) in [5.41, 5.74) is 1.35. The van der Waals surface area contributed by atoms with Gasteiger partial charge in [-0.2, -0.15) is 5.10 Å². The first-order valence-corrected chi connectivity index (χ1v) is 12.3. The van der Waals surface area contributed by atoms with E-state index in [2.05, 4.69) is 25.1 Å². The molecule has 1 aromatic carbocycles. The van der Waals surface area contributed by atoms with Crippen molar-refractivity contribution in [1.82, 2.24) is 19.7 Å². The summed E-state index contributed by atoms with van der Waals surface area (Å²) in [6.45, 7) is 0.0638. The van der Waals surface area contributed by atoms with Gasteiger partial charge in [0.05, 0.1) is 36.1 Å². The molecule has 0 spiro atoms. The lowest BCUT2D eigenvalue weighted by Crippen LogP contribution is -2.13. The Bertz CT molecular complexity index is 1490. The number of hydrogen-bond donors (Lipinski definition) is 2. The van der Waals surface area contributed by atoms with Crippen LogP contribution in [0.4, 0.5) is 15.8 Å². The minimum atomic E-state index is -3.52. The summed E-state index contributed by atoms with van der Waals surface area (Å²) < 4.78 is 45.6. The molecule has 0 aliphatic heterocycles. The molecule has 0 saturated carbocycles. The van der Waals surface area contributed by atoms with Gasteiger partial charge >= 0.3 is 0 Å². The van der Waals surface area contributed by atoms with Gasteiger partial charge in [-0.05, 0) is 24.3 Å². The van der Waals surface area contributed by atoms with Crippen molar-refractivity contribution in [2.75, 3.05) is 16.3 Å². The number of carbonyl (C=O) groups excluding carboxylic acids is 1. The van der Waals surface area contributed by atoms with Crippen molar-refractivity contribution >= 4 is 38.9 Å². The maximum Gasteiger partial charge on any atom is 0.258 e. The molecule has 0 unspecified atom stereocenters. The number of anilines is 2. The summed E-state index contributed by atoms with van der Waals surface area (Å²) in [5, 5.41) is 7.10. The molecule has 0 aliphatic rings. The summed E-state index contributed by atoms with van der Waals surface area (Å²) in [6, 6.07) is 9.02. The van der Waals surface area contributed by atoms with Crippen LogP contribution in [0.3, 0.4) is 0 Å². The molecule has 180 valence electrons. The fraction of sp³-hybridized carbons (Fsp3) is 0.0909. The third-order valence-electron chi connectivity index (χ3n) is 4.46. The molecular weight excluding hydrogens is 499 g/mol. The maximum atomic E-state index is 13.3. The topological polar surface area (TPSA) is 128 Å². The van der Waals surface area contributed by atoms with E-state index in [1.807, 2.05) is 0 Å². The van der Waals surface area contributed by atoms with Crippen LogP contribution in [-0.2, 0) is 16.6 Å². The second-order valence-corrected chi connectivity index (χ2v) is 9.53. The molecule has 0 atom stereocenters. The van der Waals surface area contributed by atoms with Crippen molar-refractivity contribution in [3.8, 4) is 11.6 Å². The smallest absolute Gasteiger partial charge is 0.258 e. The molecule has 3 aromatic heterocycles. The van der Waals surface area contributed by atoms with E-state index in [-0.39, 0.29) is 34.3 Å². The highest BCUT2D eigenvalue weighted by Gasteiger charge is 2.14. The van der Waals surface area contributed by atoms with Gasteiger partial charge in [-0.15, -0.1) is 0 Å². The van der Waals surface area contributed by atoms with Gasteiger partial charge < -0.3 is 10.1 Å². The van der Waals surface area contributed by atoms with Crippen LogP contribution in [0, 0.1) is 5.82 Å². The first-order chi connectivity index (χ1) is 16.7. The van der Waals surface area contributed by atoms with Gasteiger partial charge in [0, 0.05) is 34.7 Å². The van der Waals surface area contributed by atoms with Crippen LogP contribution >= 0.6 is 11.6 Å². The monoisotopic (exact) mass is 516 g/mol. The zero-order valence-electron chi connectivity index (χ0n) is 18.1. The van der Waals surface area contributed by atoms with E-state index in [1.54, 1.807) is 18.3 Å². The lowest BCUT2D eigenvalue weighted by molar-refractivity contribution is 0.102. The van der Waals surface area contributed by atoms with Crippen LogP contribution in [0.1, 0.15) is 15.9 Å². The average molecular weight is 517 g/mol. The third kappa shape index (κ3) is 6.52. The lowest BCUT2D eigenvalue weighted by Gasteiger charge is -2.10. The molecule has 35 heavy (non-hydrogen) atoms. The first kappa shape index (κ1) is 24.1. The van der Waals surface area contributed by atoms with Gasteiger partial charge in [-0.25, -0.2) is 22.5 Å². The SMILES string of the molecule is CS(=O)(=O)Nc1cc(Cl)cc(NC(=O)c2cnn(-c3ncccc3COc3cncc(F)c3)c2)c1. The van der Waals surface area contributed by atoms with Crippen LogP contribution in [-0.4, -0.2) is 40.3 Å². The van der Waals surface area contributed by atoms with Gasteiger partial charge in [0.15, 0.2) is 5.82 Å². The highest BCUT2D eigenvalue weighted by atomic mass is 35.5. The summed E-state index contributed by atoms with van der Waals surface area (Å²) >= 11 is 6.05.